The van der Waals surface area contributed by atoms with Crippen molar-refractivity contribution in [2.45, 2.75) is 0 Å². The predicted octanol–water partition coefficient (Wildman–Crippen LogP) is 13.8. The maximum absolute atomic E-state index is 6.40. The number of hydrogen-bond acceptors (Lipinski definition) is 2. The minimum Gasteiger partial charge on any atom is -0.456 e. The van der Waals surface area contributed by atoms with Crippen molar-refractivity contribution in [3.8, 4) is 22.3 Å². The maximum Gasteiger partial charge on any atom is 0.137 e. The standard InChI is InChI=1S/C48H31NO/c1-2-11-32(12-3-1)34-23-27-41-35(29-34)14-10-19-39(41)33-21-24-37(25-22-33)49(38-26-28-45-44-18-8-9-20-47(44)50-48(45)31-38)46-30-36-13-4-5-15-40(36)42-16-6-7-17-43(42)46/h1-31H. The second-order valence-electron chi connectivity index (χ2n) is 12.9. The molecule has 0 aliphatic rings. The van der Waals surface area contributed by atoms with Crippen LogP contribution >= 0.6 is 0 Å². The minimum absolute atomic E-state index is 0.876. The predicted molar refractivity (Wildman–Crippen MR) is 212 cm³/mol. The Morgan fingerprint density at radius 3 is 1.80 bits per heavy atom. The highest BCUT2D eigenvalue weighted by molar-refractivity contribution is 6.15. The molecule has 0 N–H and O–H groups in total. The Bertz CT molecular complexity index is 2870. The van der Waals surface area contributed by atoms with Crippen molar-refractivity contribution in [3.05, 3.63) is 188 Å². The number of hydrogen-bond donors (Lipinski definition) is 0. The highest BCUT2D eigenvalue weighted by atomic mass is 16.3. The van der Waals surface area contributed by atoms with Gasteiger partial charge in [-0.05, 0) is 91.6 Å². The van der Waals surface area contributed by atoms with Gasteiger partial charge in [-0.1, -0.05) is 140 Å². The Morgan fingerprint density at radius 2 is 0.940 bits per heavy atom. The molecule has 0 bridgehead atoms. The van der Waals surface area contributed by atoms with Crippen LogP contribution in [0.5, 0.6) is 0 Å². The van der Waals surface area contributed by atoms with E-state index in [1.54, 1.807) is 0 Å². The lowest BCUT2D eigenvalue weighted by Gasteiger charge is -2.28. The largest absolute Gasteiger partial charge is 0.456 e. The van der Waals surface area contributed by atoms with Gasteiger partial charge in [0.2, 0.25) is 0 Å². The lowest BCUT2D eigenvalue weighted by Crippen LogP contribution is -2.10. The van der Waals surface area contributed by atoms with Crippen molar-refractivity contribution < 1.29 is 4.42 Å². The minimum atomic E-state index is 0.876. The summed E-state index contributed by atoms with van der Waals surface area (Å²) in [6.07, 6.45) is 0. The highest BCUT2D eigenvalue weighted by Crippen LogP contribution is 2.44. The van der Waals surface area contributed by atoms with Crippen molar-refractivity contribution in [1.82, 2.24) is 0 Å². The first-order valence-corrected chi connectivity index (χ1v) is 17.1. The molecule has 0 aliphatic carbocycles. The first-order valence-electron chi connectivity index (χ1n) is 17.1. The molecule has 1 heterocycles. The van der Waals surface area contributed by atoms with Crippen LogP contribution in [-0.4, -0.2) is 0 Å². The second-order valence-corrected chi connectivity index (χ2v) is 12.9. The molecule has 0 amide bonds. The maximum atomic E-state index is 6.40. The number of furan rings is 1. The van der Waals surface area contributed by atoms with Crippen LogP contribution in [0.3, 0.4) is 0 Å². The second kappa shape index (κ2) is 11.5. The van der Waals surface area contributed by atoms with Gasteiger partial charge in [-0.25, -0.2) is 0 Å². The zero-order valence-electron chi connectivity index (χ0n) is 27.3. The molecule has 234 valence electrons. The topological polar surface area (TPSA) is 16.4 Å². The zero-order valence-corrected chi connectivity index (χ0v) is 27.3. The van der Waals surface area contributed by atoms with Crippen LogP contribution in [0.1, 0.15) is 0 Å². The molecule has 0 saturated carbocycles. The number of rotatable bonds is 5. The van der Waals surface area contributed by atoms with Gasteiger partial charge < -0.3 is 9.32 Å². The molecule has 1 aromatic heterocycles. The average Bonchev–Trinajstić information content (AvgIpc) is 3.56. The summed E-state index contributed by atoms with van der Waals surface area (Å²) >= 11 is 0. The van der Waals surface area contributed by atoms with E-state index in [9.17, 15) is 0 Å². The third-order valence-corrected chi connectivity index (χ3v) is 10.0. The summed E-state index contributed by atoms with van der Waals surface area (Å²) in [6, 6.07) is 67.6. The molecular formula is C48H31NO. The lowest BCUT2D eigenvalue weighted by atomic mass is 9.95. The molecule has 2 heteroatoms. The molecule has 0 unspecified atom stereocenters. The van der Waals surface area contributed by atoms with E-state index >= 15 is 0 Å². The van der Waals surface area contributed by atoms with Crippen LogP contribution in [0, 0.1) is 0 Å². The Labute approximate surface area is 290 Å². The SMILES string of the molecule is c1ccc(-c2ccc3c(-c4ccc(N(c5ccc6c(c5)oc5ccccc56)c5cc6ccccc6c6ccccc56)cc4)cccc3c2)cc1. The van der Waals surface area contributed by atoms with E-state index in [1.807, 2.05) is 12.1 Å². The number of anilines is 3. The summed E-state index contributed by atoms with van der Waals surface area (Å²) in [5, 5.41) is 9.62. The number of para-hydroxylation sites is 1. The Morgan fingerprint density at radius 1 is 0.320 bits per heavy atom. The smallest absolute Gasteiger partial charge is 0.137 e. The van der Waals surface area contributed by atoms with Gasteiger partial charge in [0.05, 0.1) is 5.69 Å². The van der Waals surface area contributed by atoms with E-state index in [-0.39, 0.29) is 0 Å². The highest BCUT2D eigenvalue weighted by Gasteiger charge is 2.19. The molecule has 2 nitrogen and oxygen atoms in total. The number of benzene rings is 9. The van der Waals surface area contributed by atoms with Crippen LogP contribution in [-0.2, 0) is 0 Å². The van der Waals surface area contributed by atoms with Crippen LogP contribution < -0.4 is 4.90 Å². The van der Waals surface area contributed by atoms with Gasteiger partial charge in [0.15, 0.2) is 0 Å². The Balaban J connectivity index is 1.14. The first kappa shape index (κ1) is 28.4. The molecule has 0 aliphatic heterocycles. The fraction of sp³-hybridized carbons (Fsp3) is 0. The summed E-state index contributed by atoms with van der Waals surface area (Å²) < 4.78 is 6.40. The molecule has 50 heavy (non-hydrogen) atoms. The Hall–Kier alpha value is -6.64. The van der Waals surface area contributed by atoms with Crippen LogP contribution in [0.2, 0.25) is 0 Å². The molecule has 0 saturated heterocycles. The molecular weight excluding hydrogens is 607 g/mol. The van der Waals surface area contributed by atoms with Crippen molar-refractivity contribution in [3.63, 3.8) is 0 Å². The fourth-order valence-electron chi connectivity index (χ4n) is 7.64. The molecule has 0 fully saturated rings. The van der Waals surface area contributed by atoms with Gasteiger partial charge in [-0.2, -0.15) is 0 Å². The third kappa shape index (κ3) is 4.65. The molecule has 0 radical (unpaired) electrons. The average molecular weight is 638 g/mol. The molecule has 0 atom stereocenters. The fourth-order valence-corrected chi connectivity index (χ4v) is 7.64. The van der Waals surface area contributed by atoms with Crippen molar-refractivity contribution in [2.24, 2.45) is 0 Å². The van der Waals surface area contributed by atoms with Gasteiger partial charge in [0.1, 0.15) is 11.2 Å². The van der Waals surface area contributed by atoms with Crippen molar-refractivity contribution in [1.29, 1.82) is 0 Å². The van der Waals surface area contributed by atoms with E-state index in [4.69, 9.17) is 4.42 Å². The summed E-state index contributed by atoms with van der Waals surface area (Å²) in [7, 11) is 0. The zero-order chi connectivity index (χ0) is 33.0. The quantitative estimate of drug-likeness (QED) is 0.175. The summed E-state index contributed by atoms with van der Waals surface area (Å²) in [4.78, 5) is 2.38. The van der Waals surface area contributed by atoms with E-state index in [1.165, 1.54) is 54.6 Å². The molecule has 0 spiro atoms. The molecule has 9 aromatic carbocycles. The summed E-state index contributed by atoms with van der Waals surface area (Å²) in [5.74, 6) is 0. The monoisotopic (exact) mass is 637 g/mol. The number of nitrogens with zero attached hydrogens (tertiary/aromatic N) is 1. The van der Waals surface area contributed by atoms with E-state index < -0.39 is 0 Å². The molecule has 10 rings (SSSR count). The van der Waals surface area contributed by atoms with Crippen LogP contribution in [0.4, 0.5) is 17.1 Å². The normalized spacial score (nSPS) is 11.6. The summed E-state index contributed by atoms with van der Waals surface area (Å²) in [6.45, 7) is 0. The van der Waals surface area contributed by atoms with E-state index in [2.05, 4.69) is 181 Å². The molecule has 10 aromatic rings. The van der Waals surface area contributed by atoms with Gasteiger partial charge in [-0.15, -0.1) is 0 Å². The van der Waals surface area contributed by atoms with E-state index in [0.29, 0.717) is 0 Å². The lowest BCUT2D eigenvalue weighted by molar-refractivity contribution is 0.669. The van der Waals surface area contributed by atoms with Crippen molar-refractivity contribution >= 4 is 71.3 Å². The van der Waals surface area contributed by atoms with Crippen LogP contribution in [0.15, 0.2) is 192 Å². The Kier molecular flexibility index (Phi) is 6.53. The third-order valence-electron chi connectivity index (χ3n) is 10.0. The van der Waals surface area contributed by atoms with Gasteiger partial charge >= 0.3 is 0 Å². The van der Waals surface area contributed by atoms with Crippen LogP contribution in [0.25, 0.3) is 76.5 Å². The van der Waals surface area contributed by atoms with Gasteiger partial charge in [0, 0.05) is 33.6 Å². The van der Waals surface area contributed by atoms with Gasteiger partial charge in [-0.3, -0.25) is 0 Å². The van der Waals surface area contributed by atoms with Gasteiger partial charge in [0.25, 0.3) is 0 Å². The first-order chi connectivity index (χ1) is 24.8. The summed E-state index contributed by atoms with van der Waals surface area (Å²) in [5.41, 5.74) is 9.89. The van der Waals surface area contributed by atoms with E-state index in [0.717, 1.165) is 39.0 Å². The van der Waals surface area contributed by atoms with Crippen molar-refractivity contribution in [2.75, 3.05) is 4.90 Å². The number of fused-ring (bicyclic) bond motifs is 7.